The Labute approximate surface area is 106 Å². The van der Waals surface area contributed by atoms with E-state index in [1.807, 2.05) is 0 Å². The molecule has 0 nitrogen and oxygen atoms in total. The number of halogens is 1. The van der Waals surface area contributed by atoms with Crippen LogP contribution in [-0.2, 0) is 0 Å². The minimum atomic E-state index is 0.634. The lowest BCUT2D eigenvalue weighted by Gasteiger charge is -2.00. The predicted molar refractivity (Wildman–Crippen MR) is 76.1 cm³/mol. The van der Waals surface area contributed by atoms with Crippen LogP contribution in [0.4, 0.5) is 0 Å². The Balaban J connectivity index is 3.79. The van der Waals surface area contributed by atoms with E-state index >= 15 is 0 Å². The number of rotatable bonds is 7. The van der Waals surface area contributed by atoms with Crippen molar-refractivity contribution >= 4 is 11.6 Å². The van der Waals surface area contributed by atoms with Gasteiger partial charge in [-0.1, -0.05) is 34.9 Å². The van der Waals surface area contributed by atoms with Crippen LogP contribution in [0.15, 0.2) is 34.9 Å². The number of alkyl halides is 1. The van der Waals surface area contributed by atoms with Crippen molar-refractivity contribution in [3.8, 4) is 0 Å². The van der Waals surface area contributed by atoms with Gasteiger partial charge in [0, 0.05) is 5.88 Å². The molecular weight excluding hydrogens is 216 g/mol. The third-order valence-corrected chi connectivity index (χ3v) is 2.70. The zero-order chi connectivity index (χ0) is 12.4. The Morgan fingerprint density at radius 2 is 1.31 bits per heavy atom. The molecule has 0 unspecified atom stereocenters. The fraction of sp³-hybridized carbons (Fsp3) is 0.600. The maximum absolute atomic E-state index is 5.64. The molecule has 0 bridgehead atoms. The molecule has 0 saturated heterocycles. The van der Waals surface area contributed by atoms with Crippen molar-refractivity contribution in [2.45, 2.75) is 53.4 Å². The molecule has 0 amide bonds. The SMILES string of the molecule is CC(C)=CCC/C(C)=C/CCC(C)=CCCl. The van der Waals surface area contributed by atoms with Crippen LogP contribution < -0.4 is 0 Å². The van der Waals surface area contributed by atoms with Gasteiger partial charge in [0.2, 0.25) is 0 Å². The summed E-state index contributed by atoms with van der Waals surface area (Å²) in [6, 6.07) is 0. The molecule has 0 spiro atoms. The van der Waals surface area contributed by atoms with Crippen molar-refractivity contribution in [3.63, 3.8) is 0 Å². The Hall–Kier alpha value is -0.490. The molecule has 0 atom stereocenters. The smallest absolute Gasteiger partial charge is 0.0406 e. The first-order chi connectivity index (χ1) is 7.56. The first-order valence-electron chi connectivity index (χ1n) is 6.07. The first-order valence-corrected chi connectivity index (χ1v) is 6.60. The third-order valence-electron chi connectivity index (χ3n) is 2.55. The highest BCUT2D eigenvalue weighted by Gasteiger charge is 1.91. The second kappa shape index (κ2) is 9.72. The van der Waals surface area contributed by atoms with Crippen molar-refractivity contribution in [3.05, 3.63) is 34.9 Å². The van der Waals surface area contributed by atoms with Gasteiger partial charge in [-0.25, -0.2) is 0 Å². The Bertz CT molecular complexity index is 265. The summed E-state index contributed by atoms with van der Waals surface area (Å²) in [5, 5.41) is 0. The number of hydrogen-bond donors (Lipinski definition) is 0. The summed E-state index contributed by atoms with van der Waals surface area (Å²) >= 11 is 5.64. The monoisotopic (exact) mass is 240 g/mol. The molecule has 0 heterocycles. The summed E-state index contributed by atoms with van der Waals surface area (Å²) in [4.78, 5) is 0. The summed E-state index contributed by atoms with van der Waals surface area (Å²) in [5.41, 5.74) is 4.30. The molecule has 16 heavy (non-hydrogen) atoms. The average Bonchev–Trinajstić information content (AvgIpc) is 2.17. The summed E-state index contributed by atoms with van der Waals surface area (Å²) in [6.45, 7) is 8.67. The van der Waals surface area contributed by atoms with Gasteiger partial charge in [0.1, 0.15) is 0 Å². The molecule has 0 saturated carbocycles. The summed E-state index contributed by atoms with van der Waals surface area (Å²) in [5.74, 6) is 0.634. The molecule has 0 aromatic rings. The van der Waals surface area contributed by atoms with Gasteiger partial charge in [-0.15, -0.1) is 11.6 Å². The zero-order valence-electron chi connectivity index (χ0n) is 11.1. The van der Waals surface area contributed by atoms with E-state index in [4.69, 9.17) is 11.6 Å². The number of allylic oxidation sites excluding steroid dienone is 6. The molecule has 92 valence electrons. The minimum Gasteiger partial charge on any atom is -0.122 e. The van der Waals surface area contributed by atoms with E-state index in [-0.39, 0.29) is 0 Å². The minimum absolute atomic E-state index is 0.634. The molecule has 0 rings (SSSR count). The van der Waals surface area contributed by atoms with Crippen molar-refractivity contribution in [1.29, 1.82) is 0 Å². The van der Waals surface area contributed by atoms with E-state index in [2.05, 4.69) is 45.9 Å². The van der Waals surface area contributed by atoms with Gasteiger partial charge in [-0.3, -0.25) is 0 Å². The highest BCUT2D eigenvalue weighted by Crippen LogP contribution is 2.11. The maximum Gasteiger partial charge on any atom is 0.0406 e. The Kier molecular flexibility index (Phi) is 9.42. The van der Waals surface area contributed by atoms with E-state index < -0.39 is 0 Å². The normalized spacial score (nSPS) is 12.8. The molecule has 0 aromatic heterocycles. The number of hydrogen-bond acceptors (Lipinski definition) is 0. The molecular formula is C15H25Cl. The first kappa shape index (κ1) is 15.5. The lowest BCUT2D eigenvalue weighted by molar-refractivity contribution is 0.917. The standard InChI is InChI=1S/C15H25Cl/c1-13(2)7-5-8-14(3)9-6-10-15(4)11-12-16/h7,9,11H,5-6,8,10,12H2,1-4H3/b14-9+,15-11?. The van der Waals surface area contributed by atoms with Crippen molar-refractivity contribution in [2.75, 3.05) is 5.88 Å². The molecule has 0 aliphatic carbocycles. The largest absolute Gasteiger partial charge is 0.122 e. The predicted octanol–water partition coefficient (Wildman–Crippen LogP) is 5.64. The van der Waals surface area contributed by atoms with E-state index in [0.29, 0.717) is 5.88 Å². The summed E-state index contributed by atoms with van der Waals surface area (Å²) in [7, 11) is 0. The van der Waals surface area contributed by atoms with Gasteiger partial charge in [0.25, 0.3) is 0 Å². The Morgan fingerprint density at radius 1 is 0.812 bits per heavy atom. The second-order valence-corrected chi connectivity index (χ2v) is 4.92. The lowest BCUT2D eigenvalue weighted by Crippen LogP contribution is -1.81. The highest BCUT2D eigenvalue weighted by atomic mass is 35.5. The molecule has 0 fully saturated rings. The third kappa shape index (κ3) is 10.0. The fourth-order valence-corrected chi connectivity index (χ4v) is 1.73. The van der Waals surface area contributed by atoms with E-state index in [1.54, 1.807) is 0 Å². The van der Waals surface area contributed by atoms with Crippen LogP contribution >= 0.6 is 11.6 Å². The van der Waals surface area contributed by atoms with Gasteiger partial charge in [0.05, 0.1) is 0 Å². The second-order valence-electron chi connectivity index (χ2n) is 4.61. The van der Waals surface area contributed by atoms with Crippen LogP contribution in [0.2, 0.25) is 0 Å². The van der Waals surface area contributed by atoms with E-state index in [1.165, 1.54) is 29.6 Å². The maximum atomic E-state index is 5.64. The van der Waals surface area contributed by atoms with Crippen molar-refractivity contribution in [1.82, 2.24) is 0 Å². The quantitative estimate of drug-likeness (QED) is 0.399. The van der Waals surface area contributed by atoms with Crippen LogP contribution in [0.3, 0.4) is 0 Å². The molecule has 0 N–H and O–H groups in total. The van der Waals surface area contributed by atoms with Gasteiger partial charge < -0.3 is 0 Å². The molecule has 1 heteroatoms. The molecule has 0 radical (unpaired) electrons. The lowest BCUT2D eigenvalue weighted by atomic mass is 10.1. The Morgan fingerprint density at radius 3 is 1.81 bits per heavy atom. The van der Waals surface area contributed by atoms with Crippen LogP contribution in [0.1, 0.15) is 53.4 Å². The zero-order valence-corrected chi connectivity index (χ0v) is 11.9. The van der Waals surface area contributed by atoms with Crippen LogP contribution in [-0.4, -0.2) is 5.88 Å². The highest BCUT2D eigenvalue weighted by molar-refractivity contribution is 6.18. The summed E-state index contributed by atoms with van der Waals surface area (Å²) < 4.78 is 0. The summed E-state index contributed by atoms with van der Waals surface area (Å²) in [6.07, 6.45) is 11.4. The molecule has 0 aliphatic rings. The molecule has 0 aliphatic heterocycles. The van der Waals surface area contributed by atoms with Crippen LogP contribution in [0.25, 0.3) is 0 Å². The van der Waals surface area contributed by atoms with Crippen LogP contribution in [0, 0.1) is 0 Å². The van der Waals surface area contributed by atoms with Crippen molar-refractivity contribution < 1.29 is 0 Å². The van der Waals surface area contributed by atoms with E-state index in [9.17, 15) is 0 Å². The van der Waals surface area contributed by atoms with Gasteiger partial charge in [0.15, 0.2) is 0 Å². The topological polar surface area (TPSA) is 0 Å². The molecule has 0 aromatic carbocycles. The van der Waals surface area contributed by atoms with Crippen LogP contribution in [0.5, 0.6) is 0 Å². The fourth-order valence-electron chi connectivity index (χ4n) is 1.47. The van der Waals surface area contributed by atoms with E-state index in [0.717, 1.165) is 12.8 Å². The van der Waals surface area contributed by atoms with Gasteiger partial charge >= 0.3 is 0 Å². The van der Waals surface area contributed by atoms with Gasteiger partial charge in [-0.2, -0.15) is 0 Å². The van der Waals surface area contributed by atoms with Gasteiger partial charge in [-0.05, 0) is 53.4 Å². The average molecular weight is 241 g/mol. The van der Waals surface area contributed by atoms with Crippen molar-refractivity contribution in [2.24, 2.45) is 0 Å².